The van der Waals surface area contributed by atoms with E-state index in [1.165, 1.54) is 11.3 Å². The van der Waals surface area contributed by atoms with Crippen molar-refractivity contribution in [1.82, 2.24) is 25.1 Å². The van der Waals surface area contributed by atoms with Gasteiger partial charge < -0.3 is 5.32 Å². The predicted octanol–water partition coefficient (Wildman–Crippen LogP) is 1.86. The summed E-state index contributed by atoms with van der Waals surface area (Å²) in [4.78, 5) is 23.1. The first-order valence-corrected chi connectivity index (χ1v) is 8.45. The lowest BCUT2D eigenvalue weighted by atomic mass is 9.94. The lowest BCUT2D eigenvalue weighted by Gasteiger charge is -2.35. The molecule has 0 saturated carbocycles. The van der Waals surface area contributed by atoms with Gasteiger partial charge in [0.15, 0.2) is 5.13 Å². The van der Waals surface area contributed by atoms with Gasteiger partial charge in [-0.05, 0) is 32.4 Å². The van der Waals surface area contributed by atoms with Gasteiger partial charge >= 0.3 is 0 Å². The minimum Gasteiger partial charge on any atom is -0.301 e. The van der Waals surface area contributed by atoms with Crippen molar-refractivity contribution < 1.29 is 4.79 Å². The molecular weight excluding hydrogens is 300 g/mol. The normalized spacial score (nSPS) is 18.2. The number of piperidine rings is 1. The number of amides is 1. The van der Waals surface area contributed by atoms with E-state index in [4.69, 9.17) is 0 Å². The van der Waals surface area contributed by atoms with Crippen molar-refractivity contribution >= 4 is 22.4 Å². The molecule has 1 fully saturated rings. The van der Waals surface area contributed by atoms with Gasteiger partial charge in [0.25, 0.3) is 0 Å². The Bertz CT molecular complexity index is 577. The molecule has 1 saturated heterocycles. The SMILES string of the molecule is CC[C@@H](C(=O)Nc1nccs1)N1CCC(c2ncn[nH]2)CC1. The molecule has 22 heavy (non-hydrogen) atoms. The number of nitrogens with zero attached hydrogens (tertiary/aromatic N) is 4. The van der Waals surface area contributed by atoms with Crippen molar-refractivity contribution in [3.8, 4) is 0 Å². The van der Waals surface area contributed by atoms with Gasteiger partial charge in [0.2, 0.25) is 5.91 Å². The molecule has 0 bridgehead atoms. The number of thiazole rings is 1. The molecule has 1 amide bonds. The monoisotopic (exact) mass is 320 g/mol. The van der Waals surface area contributed by atoms with Crippen LogP contribution in [-0.2, 0) is 4.79 Å². The zero-order valence-corrected chi connectivity index (χ0v) is 13.3. The van der Waals surface area contributed by atoms with E-state index < -0.39 is 0 Å². The van der Waals surface area contributed by atoms with Gasteiger partial charge in [-0.15, -0.1) is 11.3 Å². The number of aromatic amines is 1. The molecule has 0 aliphatic carbocycles. The summed E-state index contributed by atoms with van der Waals surface area (Å²) in [5.41, 5.74) is 0. The summed E-state index contributed by atoms with van der Waals surface area (Å²) in [5.74, 6) is 1.41. The second kappa shape index (κ2) is 6.97. The number of hydrogen-bond donors (Lipinski definition) is 2. The summed E-state index contributed by atoms with van der Waals surface area (Å²) >= 11 is 1.44. The van der Waals surface area contributed by atoms with Crippen molar-refractivity contribution in [3.05, 3.63) is 23.7 Å². The number of nitrogens with one attached hydrogen (secondary N) is 2. The van der Waals surface area contributed by atoms with Crippen molar-refractivity contribution in [2.75, 3.05) is 18.4 Å². The summed E-state index contributed by atoms with van der Waals surface area (Å²) in [6, 6.07) is -0.0976. The van der Waals surface area contributed by atoms with Gasteiger partial charge in [0.05, 0.1) is 6.04 Å². The minimum absolute atomic E-state index is 0.0376. The summed E-state index contributed by atoms with van der Waals surface area (Å²) in [5, 5.41) is 12.3. The van der Waals surface area contributed by atoms with Gasteiger partial charge in [0.1, 0.15) is 12.2 Å². The third-order valence-corrected chi connectivity index (χ3v) is 4.83. The van der Waals surface area contributed by atoms with Gasteiger partial charge in [-0.1, -0.05) is 6.92 Å². The third-order valence-electron chi connectivity index (χ3n) is 4.14. The Balaban J connectivity index is 1.57. The van der Waals surface area contributed by atoms with Crippen LogP contribution in [0.3, 0.4) is 0 Å². The van der Waals surface area contributed by atoms with Gasteiger partial charge in [-0.3, -0.25) is 14.8 Å². The Morgan fingerprint density at radius 2 is 2.32 bits per heavy atom. The molecule has 3 rings (SSSR count). The number of likely N-dealkylation sites (tertiary alicyclic amines) is 1. The van der Waals surface area contributed by atoms with Crippen molar-refractivity contribution in [1.29, 1.82) is 0 Å². The number of carbonyl (C=O) groups excluding carboxylic acids is 1. The molecule has 0 spiro atoms. The fourth-order valence-corrected chi connectivity index (χ4v) is 3.51. The molecule has 2 aromatic rings. The molecule has 0 radical (unpaired) electrons. The van der Waals surface area contributed by atoms with Crippen LogP contribution in [0, 0.1) is 0 Å². The zero-order chi connectivity index (χ0) is 15.4. The largest absolute Gasteiger partial charge is 0.301 e. The van der Waals surface area contributed by atoms with Crippen LogP contribution in [0.15, 0.2) is 17.9 Å². The number of hydrogen-bond acceptors (Lipinski definition) is 6. The van der Waals surface area contributed by atoms with Crippen molar-refractivity contribution in [2.45, 2.75) is 38.1 Å². The number of rotatable bonds is 5. The number of carbonyl (C=O) groups is 1. The quantitative estimate of drug-likeness (QED) is 0.878. The fourth-order valence-electron chi connectivity index (χ4n) is 2.98. The molecule has 0 aromatic carbocycles. The van der Waals surface area contributed by atoms with Crippen molar-refractivity contribution in [3.63, 3.8) is 0 Å². The minimum atomic E-state index is -0.0976. The molecule has 7 nitrogen and oxygen atoms in total. The molecule has 8 heteroatoms. The summed E-state index contributed by atoms with van der Waals surface area (Å²) in [6.45, 7) is 3.85. The highest BCUT2D eigenvalue weighted by Crippen LogP contribution is 2.27. The predicted molar refractivity (Wildman–Crippen MR) is 84.8 cm³/mol. The maximum atomic E-state index is 12.4. The summed E-state index contributed by atoms with van der Waals surface area (Å²) in [6.07, 6.45) is 6.04. The van der Waals surface area contributed by atoms with E-state index in [0.29, 0.717) is 11.0 Å². The van der Waals surface area contributed by atoms with Crippen LogP contribution >= 0.6 is 11.3 Å². The maximum Gasteiger partial charge on any atom is 0.243 e. The first-order chi connectivity index (χ1) is 10.8. The van der Waals surface area contributed by atoms with Crippen molar-refractivity contribution in [2.24, 2.45) is 0 Å². The smallest absolute Gasteiger partial charge is 0.243 e. The molecule has 1 aliphatic heterocycles. The second-order valence-electron chi connectivity index (χ2n) is 5.43. The molecule has 1 atom stereocenters. The summed E-state index contributed by atoms with van der Waals surface area (Å²) in [7, 11) is 0. The molecule has 1 aliphatic rings. The van der Waals surface area contributed by atoms with E-state index in [-0.39, 0.29) is 11.9 Å². The summed E-state index contributed by atoms with van der Waals surface area (Å²) < 4.78 is 0. The first kappa shape index (κ1) is 15.1. The van der Waals surface area contributed by atoms with E-state index in [1.807, 2.05) is 5.38 Å². The molecule has 2 aromatic heterocycles. The topological polar surface area (TPSA) is 86.8 Å². The Morgan fingerprint density at radius 3 is 2.91 bits per heavy atom. The van der Waals surface area contributed by atoms with Gasteiger partial charge in [0, 0.05) is 17.5 Å². The lowest BCUT2D eigenvalue weighted by Crippen LogP contribution is -2.47. The lowest BCUT2D eigenvalue weighted by molar-refractivity contribution is -0.121. The molecular formula is C14H20N6OS. The highest BCUT2D eigenvalue weighted by atomic mass is 32.1. The van der Waals surface area contributed by atoms with E-state index in [2.05, 4.69) is 37.3 Å². The van der Waals surface area contributed by atoms with E-state index >= 15 is 0 Å². The zero-order valence-electron chi connectivity index (χ0n) is 12.5. The van der Waals surface area contributed by atoms with E-state index in [9.17, 15) is 4.79 Å². The Hall–Kier alpha value is -1.80. The van der Waals surface area contributed by atoms with E-state index in [1.54, 1.807) is 12.5 Å². The number of H-pyrrole nitrogens is 1. The average molecular weight is 320 g/mol. The molecule has 3 heterocycles. The molecule has 118 valence electrons. The molecule has 0 unspecified atom stereocenters. The van der Waals surface area contributed by atoms with Gasteiger partial charge in [-0.25, -0.2) is 9.97 Å². The fraction of sp³-hybridized carbons (Fsp3) is 0.571. The van der Waals surface area contributed by atoms with Crippen LogP contribution in [0.2, 0.25) is 0 Å². The standard InChI is InChI=1S/C14H20N6OS/c1-2-11(13(21)18-14-15-5-8-22-14)20-6-3-10(4-7-20)12-16-9-17-19-12/h5,8-11H,2-4,6-7H2,1H3,(H,15,18,21)(H,16,17,19)/t11-/m0/s1. The average Bonchev–Trinajstić information content (AvgIpc) is 3.22. The Morgan fingerprint density at radius 1 is 1.50 bits per heavy atom. The maximum absolute atomic E-state index is 12.4. The second-order valence-corrected chi connectivity index (χ2v) is 6.33. The third kappa shape index (κ3) is 3.33. The van der Waals surface area contributed by atoms with Crippen LogP contribution in [0.25, 0.3) is 0 Å². The highest BCUT2D eigenvalue weighted by Gasteiger charge is 2.30. The van der Waals surface area contributed by atoms with Crippen LogP contribution in [-0.4, -0.2) is 50.1 Å². The Labute approximate surface area is 133 Å². The molecule has 2 N–H and O–H groups in total. The van der Waals surface area contributed by atoms with Crippen LogP contribution < -0.4 is 5.32 Å². The van der Waals surface area contributed by atoms with Crippen LogP contribution in [0.5, 0.6) is 0 Å². The first-order valence-electron chi connectivity index (χ1n) is 7.57. The van der Waals surface area contributed by atoms with E-state index in [0.717, 1.165) is 38.2 Å². The number of anilines is 1. The van der Waals surface area contributed by atoms with Crippen LogP contribution in [0.1, 0.15) is 37.9 Å². The van der Waals surface area contributed by atoms with Gasteiger partial charge in [-0.2, -0.15) is 5.10 Å². The Kier molecular flexibility index (Phi) is 4.79. The van der Waals surface area contributed by atoms with Crippen LogP contribution in [0.4, 0.5) is 5.13 Å². The highest BCUT2D eigenvalue weighted by molar-refractivity contribution is 7.13. The number of aromatic nitrogens is 4.